The third kappa shape index (κ3) is 3.34. The number of ether oxygens (including phenoxy) is 1. The lowest BCUT2D eigenvalue weighted by Crippen LogP contribution is -2.13. The highest BCUT2D eigenvalue weighted by Gasteiger charge is 2.02. The predicted molar refractivity (Wildman–Crippen MR) is 57.3 cm³/mol. The van der Waals surface area contributed by atoms with Crippen LogP contribution in [-0.4, -0.2) is 18.1 Å². The van der Waals surface area contributed by atoms with Gasteiger partial charge in [-0.1, -0.05) is 6.92 Å². The molecule has 1 unspecified atom stereocenters. The van der Waals surface area contributed by atoms with Gasteiger partial charge in [-0.25, -0.2) is 0 Å². The maximum absolute atomic E-state index is 5.56. The molecule has 1 aromatic rings. The Bertz CT molecular complexity index is 276. The topological polar surface area (TPSA) is 48.1 Å². The Labute approximate surface area is 85.3 Å². The molecule has 0 bridgehead atoms. The summed E-state index contributed by atoms with van der Waals surface area (Å²) >= 11 is 0. The van der Waals surface area contributed by atoms with E-state index in [0.29, 0.717) is 19.1 Å². The number of nitrogens with zero attached hydrogens (tertiary/aromatic N) is 1. The first-order valence-corrected chi connectivity index (χ1v) is 5.03. The van der Waals surface area contributed by atoms with Crippen molar-refractivity contribution in [2.45, 2.75) is 20.3 Å². The van der Waals surface area contributed by atoms with Crippen LogP contribution < -0.4 is 10.5 Å². The van der Waals surface area contributed by atoms with E-state index in [9.17, 15) is 0 Å². The summed E-state index contributed by atoms with van der Waals surface area (Å²) in [4.78, 5) is 4.12. The average Bonchev–Trinajstić information content (AvgIpc) is 2.19. The summed E-state index contributed by atoms with van der Waals surface area (Å²) in [5.41, 5.74) is 6.75. The molecule has 1 heterocycles. The van der Waals surface area contributed by atoms with E-state index in [4.69, 9.17) is 10.5 Å². The monoisotopic (exact) mass is 194 g/mol. The maximum Gasteiger partial charge on any atom is 0.137 e. The van der Waals surface area contributed by atoms with Gasteiger partial charge in [0.25, 0.3) is 0 Å². The fraction of sp³-hybridized carbons (Fsp3) is 0.545. The number of hydrogen-bond acceptors (Lipinski definition) is 3. The van der Waals surface area contributed by atoms with Crippen molar-refractivity contribution < 1.29 is 4.74 Å². The molecule has 1 aromatic heterocycles. The molecule has 1 rings (SSSR count). The van der Waals surface area contributed by atoms with Crippen LogP contribution in [0.5, 0.6) is 5.75 Å². The lowest BCUT2D eigenvalue weighted by molar-refractivity contribution is 0.338. The van der Waals surface area contributed by atoms with Gasteiger partial charge in [0.1, 0.15) is 5.75 Å². The second kappa shape index (κ2) is 5.60. The smallest absolute Gasteiger partial charge is 0.137 e. The molecule has 0 saturated carbocycles. The Morgan fingerprint density at radius 3 is 2.93 bits per heavy atom. The van der Waals surface area contributed by atoms with E-state index in [0.717, 1.165) is 12.2 Å². The van der Waals surface area contributed by atoms with Crippen molar-refractivity contribution in [2.75, 3.05) is 13.2 Å². The number of hydrogen-bond donors (Lipinski definition) is 1. The highest BCUT2D eigenvalue weighted by molar-refractivity contribution is 5.23. The van der Waals surface area contributed by atoms with Crippen molar-refractivity contribution in [3.63, 3.8) is 0 Å². The maximum atomic E-state index is 5.56. The second-order valence-corrected chi connectivity index (χ2v) is 3.51. The number of pyridine rings is 1. The number of nitrogens with two attached hydrogens (primary N) is 1. The molecule has 0 fully saturated rings. The summed E-state index contributed by atoms with van der Waals surface area (Å²) in [6.45, 7) is 5.49. The molecule has 0 aromatic carbocycles. The van der Waals surface area contributed by atoms with Crippen molar-refractivity contribution in [3.05, 3.63) is 24.0 Å². The van der Waals surface area contributed by atoms with Crippen LogP contribution in [0.15, 0.2) is 18.5 Å². The largest absolute Gasteiger partial charge is 0.492 e. The molecule has 3 nitrogen and oxygen atoms in total. The Kier molecular flexibility index (Phi) is 4.40. The summed E-state index contributed by atoms with van der Waals surface area (Å²) in [5, 5.41) is 0. The highest BCUT2D eigenvalue weighted by atomic mass is 16.5. The van der Waals surface area contributed by atoms with Crippen LogP contribution in [0, 0.1) is 5.92 Å². The quantitative estimate of drug-likeness (QED) is 0.774. The molecule has 0 radical (unpaired) electrons. The summed E-state index contributed by atoms with van der Waals surface area (Å²) in [7, 11) is 0. The second-order valence-electron chi connectivity index (χ2n) is 3.51. The van der Waals surface area contributed by atoms with Gasteiger partial charge in [0.2, 0.25) is 0 Å². The fourth-order valence-electron chi connectivity index (χ4n) is 1.31. The zero-order valence-electron chi connectivity index (χ0n) is 8.86. The van der Waals surface area contributed by atoms with E-state index in [1.165, 1.54) is 5.56 Å². The molecule has 0 saturated heterocycles. The van der Waals surface area contributed by atoms with Crippen LogP contribution in [0.25, 0.3) is 0 Å². The Hall–Kier alpha value is -1.09. The lowest BCUT2D eigenvalue weighted by atomic mass is 10.0. The van der Waals surface area contributed by atoms with Gasteiger partial charge in [0.15, 0.2) is 0 Å². The molecule has 2 N–H and O–H groups in total. The number of rotatable bonds is 5. The van der Waals surface area contributed by atoms with Crippen LogP contribution in [0.3, 0.4) is 0 Å². The minimum Gasteiger partial charge on any atom is -0.492 e. The number of aromatic nitrogens is 1. The van der Waals surface area contributed by atoms with Crippen molar-refractivity contribution in [3.8, 4) is 5.75 Å². The van der Waals surface area contributed by atoms with E-state index in [2.05, 4.69) is 11.9 Å². The molecule has 1 atom stereocenters. The van der Waals surface area contributed by atoms with Gasteiger partial charge in [-0.05, 0) is 37.4 Å². The van der Waals surface area contributed by atoms with Gasteiger partial charge >= 0.3 is 0 Å². The molecule has 78 valence electrons. The van der Waals surface area contributed by atoms with Crippen LogP contribution in [-0.2, 0) is 6.42 Å². The van der Waals surface area contributed by atoms with E-state index in [-0.39, 0.29) is 0 Å². The lowest BCUT2D eigenvalue weighted by Gasteiger charge is -2.09. The average molecular weight is 194 g/mol. The van der Waals surface area contributed by atoms with Gasteiger partial charge < -0.3 is 10.5 Å². The normalized spacial score (nSPS) is 12.5. The van der Waals surface area contributed by atoms with E-state index in [1.54, 1.807) is 6.20 Å². The molecular weight excluding hydrogens is 176 g/mol. The molecule has 0 amide bonds. The summed E-state index contributed by atoms with van der Waals surface area (Å²) in [6.07, 6.45) is 4.57. The predicted octanol–water partition coefficient (Wildman–Crippen LogP) is 1.62. The molecule has 3 heteroatoms. The fourth-order valence-corrected chi connectivity index (χ4v) is 1.31. The van der Waals surface area contributed by atoms with E-state index >= 15 is 0 Å². The first-order valence-electron chi connectivity index (χ1n) is 5.03. The van der Waals surface area contributed by atoms with Crippen molar-refractivity contribution in [1.29, 1.82) is 0 Å². The van der Waals surface area contributed by atoms with Crippen molar-refractivity contribution in [2.24, 2.45) is 11.7 Å². The standard InChI is InChI=1S/C11H18N2O/c1-3-14-11-5-10(7-13-8-11)4-9(2)6-12/h5,7-9H,3-4,6,12H2,1-2H3. The zero-order chi connectivity index (χ0) is 10.4. The SMILES string of the molecule is CCOc1cncc(CC(C)CN)c1. The van der Waals surface area contributed by atoms with Gasteiger partial charge in [0.05, 0.1) is 12.8 Å². The Morgan fingerprint density at radius 1 is 1.50 bits per heavy atom. The molecule has 0 aliphatic carbocycles. The third-order valence-corrected chi connectivity index (χ3v) is 2.07. The summed E-state index contributed by atoms with van der Waals surface area (Å²) in [5.74, 6) is 1.34. The molecule has 0 aliphatic rings. The first kappa shape index (κ1) is 11.0. The molecular formula is C11H18N2O. The van der Waals surface area contributed by atoms with Crippen molar-refractivity contribution in [1.82, 2.24) is 4.98 Å². The molecule has 0 spiro atoms. The van der Waals surface area contributed by atoms with Crippen LogP contribution in [0.1, 0.15) is 19.4 Å². The summed E-state index contributed by atoms with van der Waals surface area (Å²) in [6, 6.07) is 2.03. The van der Waals surface area contributed by atoms with E-state index < -0.39 is 0 Å². The third-order valence-electron chi connectivity index (χ3n) is 2.07. The van der Waals surface area contributed by atoms with Crippen molar-refractivity contribution >= 4 is 0 Å². The van der Waals surface area contributed by atoms with Gasteiger partial charge in [-0.15, -0.1) is 0 Å². The minimum atomic E-state index is 0.494. The Balaban J connectivity index is 2.63. The molecule has 0 aliphatic heterocycles. The minimum absolute atomic E-state index is 0.494. The molecule has 14 heavy (non-hydrogen) atoms. The van der Waals surface area contributed by atoms with Gasteiger partial charge in [-0.3, -0.25) is 4.98 Å². The van der Waals surface area contributed by atoms with Crippen LogP contribution in [0.2, 0.25) is 0 Å². The van der Waals surface area contributed by atoms with Gasteiger partial charge in [0, 0.05) is 6.20 Å². The highest BCUT2D eigenvalue weighted by Crippen LogP contribution is 2.14. The van der Waals surface area contributed by atoms with E-state index in [1.807, 2.05) is 19.2 Å². The Morgan fingerprint density at radius 2 is 2.29 bits per heavy atom. The van der Waals surface area contributed by atoms with Gasteiger partial charge in [-0.2, -0.15) is 0 Å². The van der Waals surface area contributed by atoms with Crippen LogP contribution in [0.4, 0.5) is 0 Å². The zero-order valence-corrected chi connectivity index (χ0v) is 8.86. The van der Waals surface area contributed by atoms with Crippen LogP contribution >= 0.6 is 0 Å². The summed E-state index contributed by atoms with van der Waals surface area (Å²) < 4.78 is 5.37. The first-order chi connectivity index (χ1) is 6.76.